The molecule has 0 aliphatic heterocycles. The summed E-state index contributed by atoms with van der Waals surface area (Å²) in [6.45, 7) is 13.0. The van der Waals surface area contributed by atoms with Gasteiger partial charge in [-0.15, -0.1) is 0 Å². The predicted octanol–water partition coefficient (Wildman–Crippen LogP) is 5.29. The molecule has 0 spiro atoms. The molecule has 2 aromatic rings. The number of unbranched alkanes of at least 4 members (excludes halogenated alkanes) is 1. The molecule has 1 aromatic carbocycles. The maximum absolute atomic E-state index is 13.1. The number of hydrogen-bond donors (Lipinski definition) is 0. The second-order valence-corrected chi connectivity index (χ2v) is 10.4. The summed E-state index contributed by atoms with van der Waals surface area (Å²) in [5, 5.41) is 1.14. The predicted molar refractivity (Wildman–Crippen MR) is 122 cm³/mol. The first-order chi connectivity index (χ1) is 13.8. The van der Waals surface area contributed by atoms with E-state index >= 15 is 0 Å². The Labute approximate surface area is 184 Å². The molecule has 1 heterocycles. The van der Waals surface area contributed by atoms with Crippen molar-refractivity contribution in [3.63, 3.8) is 0 Å². The van der Waals surface area contributed by atoms with E-state index in [-0.39, 0.29) is 17.1 Å². The number of rotatable bonds is 6. The van der Waals surface area contributed by atoms with Gasteiger partial charge in [0.25, 0.3) is 5.56 Å². The Morgan fingerprint density at radius 2 is 1.83 bits per heavy atom. The third-order valence-electron chi connectivity index (χ3n) is 4.48. The third-order valence-corrected chi connectivity index (χ3v) is 4.71. The first-order valence-corrected chi connectivity index (χ1v) is 10.8. The van der Waals surface area contributed by atoms with Crippen LogP contribution in [0.2, 0.25) is 5.02 Å². The number of aryl methyl sites for hydroxylation is 1. The zero-order valence-electron chi connectivity index (χ0n) is 19.2. The number of fused-ring (bicyclic) bond motifs is 1. The molecule has 0 atom stereocenters. The molecule has 30 heavy (non-hydrogen) atoms. The van der Waals surface area contributed by atoms with Crippen LogP contribution in [0.5, 0.6) is 0 Å². The van der Waals surface area contributed by atoms with Crippen LogP contribution in [0.1, 0.15) is 60.2 Å². The normalized spacial score (nSPS) is 12.3. The van der Waals surface area contributed by atoms with Crippen molar-refractivity contribution < 1.29 is 9.53 Å². The molecule has 7 heteroatoms. The lowest BCUT2D eigenvalue weighted by Gasteiger charge is -2.25. The summed E-state index contributed by atoms with van der Waals surface area (Å²) in [5.74, 6) is 0.754. The maximum Gasteiger partial charge on any atom is 0.410 e. The summed E-state index contributed by atoms with van der Waals surface area (Å²) >= 11 is 6.11. The summed E-state index contributed by atoms with van der Waals surface area (Å²) < 4.78 is 7.17. The van der Waals surface area contributed by atoms with Crippen molar-refractivity contribution in [2.24, 2.45) is 5.41 Å². The summed E-state index contributed by atoms with van der Waals surface area (Å²) in [7, 11) is 1.74. The highest BCUT2D eigenvalue weighted by Crippen LogP contribution is 2.20. The van der Waals surface area contributed by atoms with Crippen molar-refractivity contribution in [3.05, 3.63) is 39.4 Å². The van der Waals surface area contributed by atoms with E-state index in [9.17, 15) is 9.59 Å². The highest BCUT2D eigenvalue weighted by atomic mass is 35.5. The van der Waals surface area contributed by atoms with Crippen LogP contribution in [0.3, 0.4) is 0 Å². The van der Waals surface area contributed by atoms with Gasteiger partial charge in [-0.05, 0) is 57.2 Å². The Morgan fingerprint density at radius 3 is 2.43 bits per heavy atom. The minimum atomic E-state index is -0.509. The molecule has 1 aromatic heterocycles. The summed E-state index contributed by atoms with van der Waals surface area (Å²) in [6, 6.07) is 5.20. The van der Waals surface area contributed by atoms with Gasteiger partial charge in [-0.1, -0.05) is 32.4 Å². The summed E-state index contributed by atoms with van der Waals surface area (Å²) in [4.78, 5) is 31.5. The van der Waals surface area contributed by atoms with Gasteiger partial charge in [0.2, 0.25) is 0 Å². The van der Waals surface area contributed by atoms with Crippen molar-refractivity contribution in [2.45, 2.75) is 73.0 Å². The van der Waals surface area contributed by atoms with Crippen LogP contribution < -0.4 is 5.56 Å². The van der Waals surface area contributed by atoms with E-state index < -0.39 is 5.60 Å². The summed E-state index contributed by atoms with van der Waals surface area (Å²) in [5.41, 5.74) is 0.0214. The van der Waals surface area contributed by atoms with Crippen LogP contribution in [0, 0.1) is 5.41 Å². The second kappa shape index (κ2) is 9.38. The van der Waals surface area contributed by atoms with E-state index in [1.54, 1.807) is 34.7 Å². The maximum atomic E-state index is 13.1. The van der Waals surface area contributed by atoms with Crippen molar-refractivity contribution >= 4 is 28.6 Å². The molecule has 6 nitrogen and oxygen atoms in total. The number of hydrogen-bond acceptors (Lipinski definition) is 4. The first-order valence-electron chi connectivity index (χ1n) is 10.4. The van der Waals surface area contributed by atoms with Crippen molar-refractivity contribution in [1.29, 1.82) is 0 Å². The Kier molecular flexibility index (Phi) is 7.56. The minimum absolute atomic E-state index is 0.0348. The second-order valence-electron chi connectivity index (χ2n) is 10.0. The smallest absolute Gasteiger partial charge is 0.410 e. The Hall–Kier alpha value is -2.08. The highest BCUT2D eigenvalue weighted by molar-refractivity contribution is 6.31. The van der Waals surface area contributed by atoms with Crippen LogP contribution in [0.15, 0.2) is 23.0 Å². The van der Waals surface area contributed by atoms with Crippen LogP contribution in [-0.4, -0.2) is 39.7 Å². The lowest BCUT2D eigenvalue weighted by atomic mass is 9.96. The van der Waals surface area contributed by atoms with Gasteiger partial charge in [-0.3, -0.25) is 9.36 Å². The lowest BCUT2D eigenvalue weighted by molar-refractivity contribution is 0.0296. The monoisotopic (exact) mass is 435 g/mol. The fourth-order valence-electron chi connectivity index (χ4n) is 3.13. The molecule has 2 rings (SSSR count). The minimum Gasteiger partial charge on any atom is -0.444 e. The average molecular weight is 436 g/mol. The van der Waals surface area contributed by atoms with Gasteiger partial charge in [0.05, 0.1) is 10.9 Å². The molecule has 166 valence electrons. The quantitative estimate of drug-likeness (QED) is 0.578. The number of carbonyl (C=O) groups excluding carboxylic acids is 1. The molecule has 0 aliphatic carbocycles. The molecule has 1 amide bonds. The van der Waals surface area contributed by atoms with E-state index in [1.165, 1.54) is 0 Å². The average Bonchev–Trinajstić information content (AvgIpc) is 2.58. The number of aromatic nitrogens is 2. The molecular formula is C23H34ClN3O3. The van der Waals surface area contributed by atoms with Gasteiger partial charge < -0.3 is 9.64 Å². The number of nitrogens with zero attached hydrogens (tertiary/aromatic N) is 3. The summed E-state index contributed by atoms with van der Waals surface area (Å²) in [6.07, 6.45) is 1.91. The molecule has 0 saturated heterocycles. The fraction of sp³-hybridized carbons (Fsp3) is 0.609. The largest absolute Gasteiger partial charge is 0.444 e. The van der Waals surface area contributed by atoms with Crippen LogP contribution in [0.25, 0.3) is 10.9 Å². The van der Waals surface area contributed by atoms with E-state index in [1.807, 2.05) is 20.8 Å². The Morgan fingerprint density at radius 1 is 1.17 bits per heavy atom. The Bertz CT molecular complexity index is 955. The first kappa shape index (κ1) is 24.2. The molecular weight excluding hydrogens is 402 g/mol. The van der Waals surface area contributed by atoms with Crippen LogP contribution in [-0.2, 0) is 17.7 Å². The zero-order chi connectivity index (χ0) is 22.7. The van der Waals surface area contributed by atoms with Crippen LogP contribution >= 0.6 is 11.6 Å². The van der Waals surface area contributed by atoms with E-state index in [0.717, 1.165) is 18.7 Å². The van der Waals surface area contributed by atoms with Gasteiger partial charge in [0.15, 0.2) is 0 Å². The Balaban J connectivity index is 2.15. The highest BCUT2D eigenvalue weighted by Gasteiger charge is 2.20. The number of benzene rings is 1. The van der Waals surface area contributed by atoms with Crippen molar-refractivity contribution in [2.75, 3.05) is 13.6 Å². The standard InChI is InChI=1S/C23H34ClN3O3/c1-22(2,3)15-27-19(25-18-14-16(24)11-12-17(18)20(27)28)10-8-9-13-26(7)21(29)30-23(4,5)6/h11-12,14H,8-10,13,15H2,1-7H3. The SMILES string of the molecule is CN(CCCCc1nc2cc(Cl)ccc2c(=O)n1CC(C)(C)C)C(=O)OC(C)(C)C. The van der Waals surface area contributed by atoms with Crippen molar-refractivity contribution in [3.8, 4) is 0 Å². The number of amides is 1. The van der Waals surface area contributed by atoms with E-state index in [4.69, 9.17) is 21.3 Å². The molecule has 0 saturated carbocycles. The zero-order valence-corrected chi connectivity index (χ0v) is 20.0. The molecule has 0 radical (unpaired) electrons. The van der Waals surface area contributed by atoms with E-state index in [2.05, 4.69) is 20.8 Å². The molecule has 0 bridgehead atoms. The van der Waals surface area contributed by atoms with Gasteiger partial charge >= 0.3 is 6.09 Å². The fourth-order valence-corrected chi connectivity index (χ4v) is 3.30. The topological polar surface area (TPSA) is 64.4 Å². The van der Waals surface area contributed by atoms with Gasteiger partial charge in [-0.2, -0.15) is 0 Å². The molecule has 0 N–H and O–H groups in total. The third kappa shape index (κ3) is 7.01. The number of ether oxygens (including phenoxy) is 1. The molecule has 0 fully saturated rings. The molecule has 0 aliphatic rings. The number of halogens is 1. The van der Waals surface area contributed by atoms with Crippen molar-refractivity contribution in [1.82, 2.24) is 14.5 Å². The van der Waals surface area contributed by atoms with Crippen LogP contribution in [0.4, 0.5) is 4.79 Å². The molecule has 0 unspecified atom stereocenters. The van der Waals surface area contributed by atoms with E-state index in [0.29, 0.717) is 35.4 Å². The number of carbonyl (C=O) groups is 1. The van der Waals surface area contributed by atoms with Gasteiger partial charge in [-0.25, -0.2) is 9.78 Å². The van der Waals surface area contributed by atoms with Gasteiger partial charge in [0, 0.05) is 31.6 Å². The van der Waals surface area contributed by atoms with Gasteiger partial charge in [0.1, 0.15) is 11.4 Å². The lowest BCUT2D eigenvalue weighted by Crippen LogP contribution is -2.34.